The highest BCUT2D eigenvalue weighted by atomic mass is 16.6. The molecule has 0 amide bonds. The van der Waals surface area contributed by atoms with Crippen molar-refractivity contribution < 1.29 is 4.84 Å². The quantitative estimate of drug-likeness (QED) is 0.417. The Labute approximate surface area is 56.5 Å². The van der Waals surface area contributed by atoms with E-state index in [4.69, 9.17) is 5.90 Å². The zero-order chi connectivity index (χ0) is 7.11. The van der Waals surface area contributed by atoms with Crippen LogP contribution in [-0.2, 0) is 4.84 Å². The van der Waals surface area contributed by atoms with Gasteiger partial charge >= 0.3 is 0 Å². The van der Waals surface area contributed by atoms with E-state index < -0.39 is 0 Å². The van der Waals surface area contributed by atoms with E-state index in [1.54, 1.807) is 0 Å². The van der Waals surface area contributed by atoms with Gasteiger partial charge < -0.3 is 10.2 Å². The Hall–Kier alpha value is -0.120. The Bertz CT molecular complexity index is 57.0. The minimum Gasteiger partial charge on any atom is -0.314 e. The van der Waals surface area contributed by atoms with E-state index in [1.165, 1.54) is 0 Å². The molecule has 0 saturated heterocycles. The average molecular weight is 132 g/mol. The van der Waals surface area contributed by atoms with Crippen LogP contribution in [0.3, 0.4) is 0 Å². The normalized spacial score (nSPS) is 10.7. The summed E-state index contributed by atoms with van der Waals surface area (Å²) in [6.45, 7) is 5.85. The van der Waals surface area contributed by atoms with E-state index in [2.05, 4.69) is 24.0 Å². The first-order valence-electron chi connectivity index (χ1n) is 3.32. The molecule has 0 radical (unpaired) electrons. The van der Waals surface area contributed by atoms with Crippen molar-refractivity contribution >= 4 is 0 Å². The van der Waals surface area contributed by atoms with Crippen LogP contribution in [0.4, 0.5) is 0 Å². The van der Waals surface area contributed by atoms with E-state index in [9.17, 15) is 0 Å². The van der Waals surface area contributed by atoms with Gasteiger partial charge in [-0.3, -0.25) is 0 Å². The van der Waals surface area contributed by atoms with Crippen molar-refractivity contribution in [1.82, 2.24) is 5.32 Å². The number of hydrogen-bond donors (Lipinski definition) is 2. The third-order valence-electron chi connectivity index (χ3n) is 0.992. The predicted octanol–water partition coefficient (Wildman–Crippen LogP) is 0.265. The molecule has 0 aromatic heterocycles. The molecule has 0 aromatic carbocycles. The largest absolute Gasteiger partial charge is 0.314 e. The first-order chi connectivity index (χ1) is 4.27. The minimum atomic E-state index is 0.558. The summed E-state index contributed by atoms with van der Waals surface area (Å²) < 4.78 is 0. The first-order valence-corrected chi connectivity index (χ1v) is 3.32. The maximum Gasteiger partial charge on any atom is 0.0691 e. The lowest BCUT2D eigenvalue weighted by atomic mass is 10.3. The number of nitrogens with one attached hydrogen (secondary N) is 1. The van der Waals surface area contributed by atoms with E-state index in [0.717, 1.165) is 13.0 Å². The third kappa shape index (κ3) is 7.88. The van der Waals surface area contributed by atoms with Crippen molar-refractivity contribution in [3.8, 4) is 0 Å². The van der Waals surface area contributed by atoms with E-state index in [0.29, 0.717) is 12.6 Å². The number of nitrogens with two attached hydrogens (primary N) is 1. The Balaban J connectivity index is 2.75. The Morgan fingerprint density at radius 1 is 1.56 bits per heavy atom. The summed E-state index contributed by atoms with van der Waals surface area (Å²) in [6, 6.07) is 0.558. The Morgan fingerprint density at radius 2 is 2.22 bits per heavy atom. The second-order valence-electron chi connectivity index (χ2n) is 2.33. The predicted molar refractivity (Wildman–Crippen MR) is 37.9 cm³/mol. The monoisotopic (exact) mass is 132 g/mol. The topological polar surface area (TPSA) is 47.3 Å². The molecule has 9 heavy (non-hydrogen) atoms. The van der Waals surface area contributed by atoms with Crippen molar-refractivity contribution in [1.29, 1.82) is 0 Å². The summed E-state index contributed by atoms with van der Waals surface area (Å²) in [7, 11) is 0. The lowest BCUT2D eigenvalue weighted by Gasteiger charge is -2.05. The van der Waals surface area contributed by atoms with E-state index >= 15 is 0 Å². The van der Waals surface area contributed by atoms with Gasteiger partial charge in [-0.15, -0.1) is 0 Å². The molecular formula is C6H16N2O. The molecule has 0 atom stereocenters. The maximum absolute atomic E-state index is 4.82. The van der Waals surface area contributed by atoms with Crippen LogP contribution >= 0.6 is 0 Å². The minimum absolute atomic E-state index is 0.558. The number of hydrogen-bond acceptors (Lipinski definition) is 3. The lowest BCUT2D eigenvalue weighted by molar-refractivity contribution is 0.135. The fourth-order valence-electron chi connectivity index (χ4n) is 0.546. The third-order valence-corrected chi connectivity index (χ3v) is 0.992. The molecule has 56 valence electrons. The van der Waals surface area contributed by atoms with Crippen molar-refractivity contribution in [3.63, 3.8) is 0 Å². The zero-order valence-corrected chi connectivity index (χ0v) is 6.18. The summed E-state index contributed by atoms with van der Waals surface area (Å²) in [5.74, 6) is 4.82. The summed E-state index contributed by atoms with van der Waals surface area (Å²) in [5, 5.41) is 3.24. The molecule has 0 fully saturated rings. The van der Waals surface area contributed by atoms with E-state index in [-0.39, 0.29) is 0 Å². The molecule has 3 nitrogen and oxygen atoms in total. The molecule has 3 heteroatoms. The second kappa shape index (κ2) is 6.01. The molecule has 0 aromatic rings. The molecule has 0 unspecified atom stereocenters. The van der Waals surface area contributed by atoms with Crippen LogP contribution in [0.25, 0.3) is 0 Å². The molecule has 0 heterocycles. The standard InChI is InChI=1S/C6H16N2O/c1-6(2)8-4-3-5-9-7/h6,8H,3-5,7H2,1-2H3. The van der Waals surface area contributed by atoms with Crippen LogP contribution < -0.4 is 11.2 Å². The van der Waals surface area contributed by atoms with E-state index in [1.807, 2.05) is 0 Å². The van der Waals surface area contributed by atoms with Crippen molar-refractivity contribution in [2.75, 3.05) is 13.2 Å². The molecule has 3 N–H and O–H groups in total. The second-order valence-corrected chi connectivity index (χ2v) is 2.33. The summed E-state index contributed by atoms with van der Waals surface area (Å²) in [5.41, 5.74) is 0. The molecule has 0 aliphatic carbocycles. The highest BCUT2D eigenvalue weighted by Gasteiger charge is 1.89. The van der Waals surface area contributed by atoms with Gasteiger partial charge in [0.25, 0.3) is 0 Å². The summed E-state index contributed by atoms with van der Waals surface area (Å²) >= 11 is 0. The maximum atomic E-state index is 4.82. The van der Waals surface area contributed by atoms with Gasteiger partial charge in [0.15, 0.2) is 0 Å². The van der Waals surface area contributed by atoms with Crippen molar-refractivity contribution in [3.05, 3.63) is 0 Å². The SMILES string of the molecule is CC(C)NCCCON. The average Bonchev–Trinajstić information content (AvgIpc) is 1.80. The van der Waals surface area contributed by atoms with Crippen molar-refractivity contribution in [2.24, 2.45) is 5.90 Å². The van der Waals surface area contributed by atoms with Crippen LogP contribution in [0.5, 0.6) is 0 Å². The summed E-state index contributed by atoms with van der Waals surface area (Å²) in [4.78, 5) is 4.38. The van der Waals surface area contributed by atoms with Crippen LogP contribution in [0.1, 0.15) is 20.3 Å². The van der Waals surface area contributed by atoms with Gasteiger partial charge in [0.05, 0.1) is 6.61 Å². The lowest BCUT2D eigenvalue weighted by Crippen LogP contribution is -2.24. The highest BCUT2D eigenvalue weighted by Crippen LogP contribution is 1.79. The first kappa shape index (κ1) is 8.88. The molecular weight excluding hydrogens is 116 g/mol. The molecule has 0 aliphatic heterocycles. The van der Waals surface area contributed by atoms with Gasteiger partial charge in [-0.05, 0) is 13.0 Å². The zero-order valence-electron chi connectivity index (χ0n) is 6.18. The van der Waals surface area contributed by atoms with Crippen molar-refractivity contribution in [2.45, 2.75) is 26.3 Å². The van der Waals surface area contributed by atoms with Gasteiger partial charge in [0.1, 0.15) is 0 Å². The van der Waals surface area contributed by atoms with Crippen LogP contribution in [0.2, 0.25) is 0 Å². The number of rotatable bonds is 5. The van der Waals surface area contributed by atoms with Crippen LogP contribution in [0, 0.1) is 0 Å². The fourth-order valence-corrected chi connectivity index (χ4v) is 0.546. The molecule has 0 spiro atoms. The smallest absolute Gasteiger partial charge is 0.0691 e. The van der Waals surface area contributed by atoms with Gasteiger partial charge in [-0.1, -0.05) is 13.8 Å². The van der Waals surface area contributed by atoms with Gasteiger partial charge in [0, 0.05) is 6.04 Å². The molecule has 0 aliphatic rings. The molecule has 0 rings (SSSR count). The van der Waals surface area contributed by atoms with Gasteiger partial charge in [-0.2, -0.15) is 0 Å². The van der Waals surface area contributed by atoms with Crippen LogP contribution in [-0.4, -0.2) is 19.2 Å². The molecule has 0 bridgehead atoms. The van der Waals surface area contributed by atoms with Crippen LogP contribution in [0.15, 0.2) is 0 Å². The van der Waals surface area contributed by atoms with Gasteiger partial charge in [-0.25, -0.2) is 5.90 Å². The summed E-state index contributed by atoms with van der Waals surface area (Å²) in [6.07, 6.45) is 0.981. The highest BCUT2D eigenvalue weighted by molar-refractivity contribution is 4.51. The molecule has 0 saturated carbocycles. The fraction of sp³-hybridized carbons (Fsp3) is 1.00. The Morgan fingerprint density at radius 3 is 2.67 bits per heavy atom. The van der Waals surface area contributed by atoms with Gasteiger partial charge in [0.2, 0.25) is 0 Å². The Kier molecular flexibility index (Phi) is 5.93.